The van der Waals surface area contributed by atoms with Crippen molar-refractivity contribution < 1.29 is 27.5 Å². The number of carbonyl (C=O) groups is 2. The number of hydrogen-bond donors (Lipinski definition) is 1. The third-order valence-corrected chi connectivity index (χ3v) is 5.23. The van der Waals surface area contributed by atoms with Crippen molar-refractivity contribution >= 4 is 11.8 Å². The fraction of sp³-hybridized carbons (Fsp3) is 0.409. The molecule has 0 fully saturated rings. The SMILES string of the molecule is Cc1cc(C(C)N2Cc3c(ccnc3CC(=O)NCCC#N)C2=O)cnc1OCC(F)(F)F. The van der Waals surface area contributed by atoms with Crippen LogP contribution < -0.4 is 10.1 Å². The van der Waals surface area contributed by atoms with Crippen molar-refractivity contribution in [2.75, 3.05) is 13.2 Å². The van der Waals surface area contributed by atoms with Crippen LogP contribution in [-0.2, 0) is 17.8 Å². The number of carbonyl (C=O) groups excluding carboxylic acids is 2. The summed E-state index contributed by atoms with van der Waals surface area (Å²) in [5.41, 5.74) is 2.64. The molecule has 1 atom stereocenters. The van der Waals surface area contributed by atoms with Crippen LogP contribution in [0.5, 0.6) is 5.88 Å². The van der Waals surface area contributed by atoms with Crippen LogP contribution in [0.1, 0.15) is 52.1 Å². The van der Waals surface area contributed by atoms with E-state index in [9.17, 15) is 22.8 Å². The Morgan fingerprint density at radius 1 is 1.39 bits per heavy atom. The summed E-state index contributed by atoms with van der Waals surface area (Å²) in [5, 5.41) is 11.2. The minimum atomic E-state index is -4.47. The van der Waals surface area contributed by atoms with Gasteiger partial charge >= 0.3 is 6.18 Å². The highest BCUT2D eigenvalue weighted by Crippen LogP contribution is 2.33. The van der Waals surface area contributed by atoms with Crippen molar-refractivity contribution in [3.8, 4) is 11.9 Å². The molecule has 2 aromatic heterocycles. The summed E-state index contributed by atoms with van der Waals surface area (Å²) in [6.07, 6.45) is -1.42. The second kappa shape index (κ2) is 9.85. The molecule has 0 radical (unpaired) electrons. The molecule has 2 amide bonds. The van der Waals surface area contributed by atoms with E-state index in [2.05, 4.69) is 15.3 Å². The molecule has 1 aliphatic heterocycles. The van der Waals surface area contributed by atoms with E-state index in [4.69, 9.17) is 10.00 Å². The number of halogens is 3. The average Bonchev–Trinajstić information content (AvgIpc) is 3.09. The maximum Gasteiger partial charge on any atom is 0.422 e. The molecule has 2 aromatic rings. The van der Waals surface area contributed by atoms with E-state index in [1.165, 1.54) is 12.4 Å². The van der Waals surface area contributed by atoms with E-state index < -0.39 is 18.8 Å². The molecule has 0 spiro atoms. The van der Waals surface area contributed by atoms with Crippen LogP contribution in [0.2, 0.25) is 0 Å². The van der Waals surface area contributed by atoms with E-state index in [-0.39, 0.29) is 43.6 Å². The Morgan fingerprint density at radius 2 is 2.15 bits per heavy atom. The van der Waals surface area contributed by atoms with Crippen LogP contribution in [0, 0.1) is 18.3 Å². The molecule has 0 saturated carbocycles. The molecule has 1 aliphatic rings. The molecule has 0 aliphatic carbocycles. The van der Waals surface area contributed by atoms with Crippen molar-refractivity contribution in [2.45, 2.75) is 45.5 Å². The smallest absolute Gasteiger partial charge is 0.422 e. The standard InChI is InChI=1S/C22H22F3N5O3/c1-13-8-15(10-29-20(13)33-12-22(23,24)25)14(2)30-11-17-16(21(30)32)4-7-27-18(17)9-19(31)28-6-3-5-26/h4,7-8,10,14H,3,6,9,11-12H2,1-2H3,(H,28,31). The first-order valence-corrected chi connectivity index (χ1v) is 10.2. The Bertz CT molecular complexity index is 1100. The number of nitriles is 1. The maximum atomic E-state index is 13.0. The van der Waals surface area contributed by atoms with Crippen LogP contribution in [0.25, 0.3) is 0 Å². The first-order valence-electron chi connectivity index (χ1n) is 10.2. The Labute approximate surface area is 188 Å². The molecule has 8 nitrogen and oxygen atoms in total. The minimum Gasteiger partial charge on any atom is -0.468 e. The van der Waals surface area contributed by atoms with E-state index in [0.29, 0.717) is 27.9 Å². The van der Waals surface area contributed by atoms with E-state index in [1.807, 2.05) is 6.07 Å². The van der Waals surface area contributed by atoms with Gasteiger partial charge < -0.3 is 15.0 Å². The molecule has 3 heterocycles. The van der Waals surface area contributed by atoms with E-state index in [0.717, 1.165) is 0 Å². The van der Waals surface area contributed by atoms with Crippen LogP contribution >= 0.6 is 0 Å². The second-order valence-corrected chi connectivity index (χ2v) is 7.62. The normalized spacial score (nSPS) is 13.9. The minimum absolute atomic E-state index is 0.0178. The zero-order chi connectivity index (χ0) is 24.2. The van der Waals surface area contributed by atoms with Gasteiger partial charge in [0.25, 0.3) is 5.91 Å². The molecule has 3 rings (SSSR count). The topological polar surface area (TPSA) is 108 Å². The maximum absolute atomic E-state index is 13.0. The Kier molecular flexibility index (Phi) is 7.16. The lowest BCUT2D eigenvalue weighted by Crippen LogP contribution is -2.28. The molecule has 174 valence electrons. The Morgan fingerprint density at radius 3 is 2.82 bits per heavy atom. The highest BCUT2D eigenvalue weighted by Gasteiger charge is 2.34. The molecule has 0 saturated heterocycles. The number of aromatic nitrogens is 2. The summed E-state index contributed by atoms with van der Waals surface area (Å²) < 4.78 is 42.0. The van der Waals surface area contributed by atoms with Gasteiger partial charge in [0.2, 0.25) is 11.8 Å². The molecule has 0 aromatic carbocycles. The molecule has 0 bridgehead atoms. The Balaban J connectivity index is 1.74. The molecule has 1 N–H and O–H groups in total. The highest BCUT2D eigenvalue weighted by molar-refractivity contribution is 5.99. The van der Waals surface area contributed by atoms with Crippen molar-refractivity contribution in [3.63, 3.8) is 0 Å². The average molecular weight is 461 g/mol. The van der Waals surface area contributed by atoms with Crippen molar-refractivity contribution in [1.29, 1.82) is 5.26 Å². The third-order valence-electron chi connectivity index (χ3n) is 5.23. The first kappa shape index (κ1) is 24.0. The van der Waals surface area contributed by atoms with Crippen LogP contribution in [0.15, 0.2) is 24.5 Å². The van der Waals surface area contributed by atoms with Crippen LogP contribution in [0.4, 0.5) is 13.2 Å². The lowest BCUT2D eigenvalue weighted by molar-refractivity contribution is -0.154. The van der Waals surface area contributed by atoms with Crippen molar-refractivity contribution in [3.05, 3.63) is 52.5 Å². The van der Waals surface area contributed by atoms with Gasteiger partial charge in [-0.25, -0.2) is 4.98 Å². The fourth-order valence-electron chi connectivity index (χ4n) is 3.54. The number of fused-ring (bicyclic) bond motifs is 1. The molecule has 11 heteroatoms. The van der Waals surface area contributed by atoms with Gasteiger partial charge in [-0.15, -0.1) is 0 Å². The number of amides is 2. The quantitative estimate of drug-likeness (QED) is 0.606. The predicted molar refractivity (Wildman–Crippen MR) is 110 cm³/mol. The van der Waals surface area contributed by atoms with Crippen LogP contribution in [0.3, 0.4) is 0 Å². The number of nitrogens with one attached hydrogen (secondary N) is 1. The number of pyridine rings is 2. The largest absolute Gasteiger partial charge is 0.468 e. The zero-order valence-electron chi connectivity index (χ0n) is 18.1. The van der Waals surface area contributed by atoms with Gasteiger partial charge in [0.1, 0.15) is 0 Å². The van der Waals surface area contributed by atoms with Gasteiger partial charge in [0.15, 0.2) is 6.61 Å². The summed E-state index contributed by atoms with van der Waals surface area (Å²) >= 11 is 0. The summed E-state index contributed by atoms with van der Waals surface area (Å²) in [6.45, 7) is 2.41. The monoisotopic (exact) mass is 461 g/mol. The second-order valence-electron chi connectivity index (χ2n) is 7.62. The number of ether oxygens (including phenoxy) is 1. The van der Waals surface area contributed by atoms with Gasteiger partial charge in [-0.05, 0) is 31.5 Å². The van der Waals surface area contributed by atoms with Crippen molar-refractivity contribution in [1.82, 2.24) is 20.2 Å². The Hall–Kier alpha value is -3.68. The number of alkyl halides is 3. The van der Waals surface area contributed by atoms with E-state index in [1.54, 1.807) is 30.9 Å². The lowest BCUT2D eigenvalue weighted by atomic mass is 10.1. The summed E-state index contributed by atoms with van der Waals surface area (Å²) in [4.78, 5) is 35.0. The number of nitrogens with zero attached hydrogens (tertiary/aromatic N) is 4. The number of aryl methyl sites for hydroxylation is 1. The first-order chi connectivity index (χ1) is 15.6. The van der Waals surface area contributed by atoms with E-state index >= 15 is 0 Å². The molecular weight excluding hydrogens is 439 g/mol. The van der Waals surface area contributed by atoms with Gasteiger partial charge in [0.05, 0.1) is 30.6 Å². The van der Waals surface area contributed by atoms with Gasteiger partial charge in [0, 0.05) is 42.2 Å². The molecular formula is C22H22F3N5O3. The summed E-state index contributed by atoms with van der Waals surface area (Å²) in [7, 11) is 0. The van der Waals surface area contributed by atoms with Gasteiger partial charge in [-0.2, -0.15) is 18.4 Å². The summed E-state index contributed by atoms with van der Waals surface area (Å²) in [5.74, 6) is -0.645. The van der Waals surface area contributed by atoms with Gasteiger partial charge in [-0.3, -0.25) is 14.6 Å². The summed E-state index contributed by atoms with van der Waals surface area (Å²) in [6, 6.07) is 4.76. The van der Waals surface area contributed by atoms with Crippen molar-refractivity contribution in [2.24, 2.45) is 0 Å². The number of hydrogen-bond acceptors (Lipinski definition) is 6. The molecule has 33 heavy (non-hydrogen) atoms. The van der Waals surface area contributed by atoms with Gasteiger partial charge in [-0.1, -0.05) is 0 Å². The zero-order valence-corrected chi connectivity index (χ0v) is 18.1. The lowest BCUT2D eigenvalue weighted by Gasteiger charge is -2.25. The fourth-order valence-corrected chi connectivity index (χ4v) is 3.54. The number of rotatable bonds is 8. The third kappa shape index (κ3) is 5.77. The highest BCUT2D eigenvalue weighted by atomic mass is 19.4. The van der Waals surface area contributed by atoms with Crippen LogP contribution in [-0.4, -0.2) is 46.0 Å². The molecule has 1 unspecified atom stereocenters. The predicted octanol–water partition coefficient (Wildman–Crippen LogP) is 3.02.